The Morgan fingerprint density at radius 2 is 1.67 bits per heavy atom. The third-order valence-electron chi connectivity index (χ3n) is 3.47. The fraction of sp³-hybridized carbons (Fsp3) is 0.333. The zero-order valence-electron chi connectivity index (χ0n) is 12.6. The van der Waals surface area contributed by atoms with Crippen molar-refractivity contribution in [3.63, 3.8) is 0 Å². The number of nitrogens with one attached hydrogen (secondary N) is 1. The molecule has 0 heterocycles. The summed E-state index contributed by atoms with van der Waals surface area (Å²) in [6.07, 6.45) is 0.671. The van der Waals surface area contributed by atoms with Gasteiger partial charge in [-0.2, -0.15) is 0 Å². The van der Waals surface area contributed by atoms with Crippen molar-refractivity contribution >= 4 is 0 Å². The van der Waals surface area contributed by atoms with Crippen LogP contribution in [0.5, 0.6) is 5.75 Å². The number of likely N-dealkylation sites (N-methyl/N-ethyl adjacent to an activating group) is 1. The monoisotopic (exact) mass is 287 g/mol. The van der Waals surface area contributed by atoms with Crippen LogP contribution >= 0.6 is 0 Å². The second-order valence-electron chi connectivity index (χ2n) is 4.94. The fourth-order valence-corrected chi connectivity index (χ4v) is 2.43. The Morgan fingerprint density at radius 1 is 1.00 bits per heavy atom. The van der Waals surface area contributed by atoms with Crippen LogP contribution in [0.3, 0.4) is 0 Å². The van der Waals surface area contributed by atoms with Crippen LogP contribution in [-0.4, -0.2) is 12.6 Å². The zero-order valence-corrected chi connectivity index (χ0v) is 12.6. The van der Waals surface area contributed by atoms with Crippen LogP contribution in [0.1, 0.15) is 31.9 Å². The summed E-state index contributed by atoms with van der Waals surface area (Å²) >= 11 is 0. The van der Waals surface area contributed by atoms with Gasteiger partial charge in [0.25, 0.3) is 0 Å². The Balaban J connectivity index is 2.22. The molecule has 0 fully saturated rings. The Morgan fingerprint density at radius 3 is 2.29 bits per heavy atom. The lowest BCUT2D eigenvalue weighted by atomic mass is 9.99. The summed E-state index contributed by atoms with van der Waals surface area (Å²) in [5, 5.41) is 3.44. The van der Waals surface area contributed by atoms with Gasteiger partial charge in [-0.05, 0) is 30.7 Å². The Labute approximate surface area is 126 Å². The van der Waals surface area contributed by atoms with E-state index in [0.717, 1.165) is 18.5 Å². The number of ether oxygens (including phenoxy) is 1. The Bertz CT molecular complexity index is 544. The highest BCUT2D eigenvalue weighted by atomic mass is 19.1. The molecule has 0 aliphatic rings. The highest BCUT2D eigenvalue weighted by molar-refractivity contribution is 5.25. The van der Waals surface area contributed by atoms with E-state index >= 15 is 0 Å². The minimum atomic E-state index is -0.320. The number of halogens is 1. The Hall–Kier alpha value is -1.87. The van der Waals surface area contributed by atoms with Crippen molar-refractivity contribution < 1.29 is 9.13 Å². The second kappa shape index (κ2) is 7.79. The molecule has 0 saturated carbocycles. The number of para-hydroxylation sites is 1. The highest BCUT2D eigenvalue weighted by Crippen LogP contribution is 2.25. The molecule has 0 aliphatic heterocycles. The van der Waals surface area contributed by atoms with Crippen molar-refractivity contribution in [2.45, 2.75) is 32.4 Å². The van der Waals surface area contributed by atoms with E-state index in [1.165, 1.54) is 6.07 Å². The molecule has 1 N–H and O–H groups in total. The van der Waals surface area contributed by atoms with Crippen LogP contribution in [0.4, 0.5) is 4.39 Å². The quantitative estimate of drug-likeness (QED) is 0.818. The lowest BCUT2D eigenvalue weighted by molar-refractivity contribution is 0.143. The van der Waals surface area contributed by atoms with Gasteiger partial charge in [0.05, 0.1) is 6.04 Å². The molecule has 2 atom stereocenters. The van der Waals surface area contributed by atoms with Crippen molar-refractivity contribution in [3.05, 3.63) is 66.0 Å². The molecule has 0 amide bonds. The molecule has 3 heteroatoms. The van der Waals surface area contributed by atoms with E-state index in [-0.39, 0.29) is 18.0 Å². The SMILES string of the molecule is CCNC(c1ccccc1)C(CC)Oc1ccccc1F. The van der Waals surface area contributed by atoms with Gasteiger partial charge in [0.15, 0.2) is 11.6 Å². The molecule has 2 aromatic rings. The van der Waals surface area contributed by atoms with E-state index in [0.29, 0.717) is 5.75 Å². The molecule has 0 radical (unpaired) electrons. The van der Waals surface area contributed by atoms with Crippen LogP contribution < -0.4 is 10.1 Å². The molecule has 2 rings (SSSR count). The van der Waals surface area contributed by atoms with Crippen molar-refractivity contribution in [2.24, 2.45) is 0 Å². The predicted octanol–water partition coefficient (Wildman–Crippen LogP) is 4.33. The number of hydrogen-bond donors (Lipinski definition) is 1. The lowest BCUT2D eigenvalue weighted by Crippen LogP contribution is -2.35. The van der Waals surface area contributed by atoms with Gasteiger partial charge >= 0.3 is 0 Å². The third-order valence-corrected chi connectivity index (χ3v) is 3.47. The largest absolute Gasteiger partial charge is 0.485 e. The molecule has 0 bridgehead atoms. The average molecular weight is 287 g/mol. The van der Waals surface area contributed by atoms with Gasteiger partial charge in [-0.25, -0.2) is 4.39 Å². The van der Waals surface area contributed by atoms with Gasteiger partial charge in [0, 0.05) is 0 Å². The molecular weight excluding hydrogens is 265 g/mol. The molecule has 2 nitrogen and oxygen atoms in total. The minimum absolute atomic E-state index is 0.0424. The summed E-state index contributed by atoms with van der Waals surface area (Å²) in [7, 11) is 0. The van der Waals surface area contributed by atoms with Gasteiger partial charge in [0.2, 0.25) is 0 Å². The van der Waals surface area contributed by atoms with E-state index in [1.54, 1.807) is 18.2 Å². The smallest absolute Gasteiger partial charge is 0.165 e. The summed E-state index contributed by atoms with van der Waals surface area (Å²) in [6.45, 7) is 4.95. The van der Waals surface area contributed by atoms with E-state index in [1.807, 2.05) is 18.2 Å². The van der Waals surface area contributed by atoms with Crippen molar-refractivity contribution in [2.75, 3.05) is 6.54 Å². The summed E-state index contributed by atoms with van der Waals surface area (Å²) < 4.78 is 19.7. The standard InChI is InChI=1S/C18H22FNO/c1-3-16(21-17-13-9-8-12-15(17)19)18(20-4-2)14-10-6-5-7-11-14/h5-13,16,18,20H,3-4H2,1-2H3. The van der Waals surface area contributed by atoms with Crippen molar-refractivity contribution in [1.82, 2.24) is 5.32 Å². The molecule has 0 spiro atoms. The molecule has 0 saturated heterocycles. The first kappa shape index (κ1) is 15.5. The third kappa shape index (κ3) is 4.05. The van der Waals surface area contributed by atoms with Gasteiger partial charge in [-0.3, -0.25) is 0 Å². The topological polar surface area (TPSA) is 21.3 Å². The summed E-state index contributed by atoms with van der Waals surface area (Å²) in [6, 6.07) is 16.7. The van der Waals surface area contributed by atoms with Gasteiger partial charge < -0.3 is 10.1 Å². The van der Waals surface area contributed by atoms with E-state index in [2.05, 4.69) is 31.3 Å². The second-order valence-corrected chi connectivity index (χ2v) is 4.94. The molecule has 21 heavy (non-hydrogen) atoms. The van der Waals surface area contributed by atoms with Gasteiger partial charge in [-0.1, -0.05) is 56.3 Å². The molecule has 0 aromatic heterocycles. The number of benzene rings is 2. The maximum absolute atomic E-state index is 13.8. The molecule has 2 unspecified atom stereocenters. The van der Waals surface area contributed by atoms with Crippen LogP contribution in [-0.2, 0) is 0 Å². The predicted molar refractivity (Wildman–Crippen MR) is 84.0 cm³/mol. The normalized spacial score (nSPS) is 13.7. The minimum Gasteiger partial charge on any atom is -0.485 e. The van der Waals surface area contributed by atoms with E-state index in [9.17, 15) is 4.39 Å². The van der Waals surface area contributed by atoms with Crippen molar-refractivity contribution in [1.29, 1.82) is 0 Å². The van der Waals surface area contributed by atoms with Crippen LogP contribution in [0.15, 0.2) is 54.6 Å². The van der Waals surface area contributed by atoms with Crippen LogP contribution in [0.2, 0.25) is 0 Å². The summed E-state index contributed by atoms with van der Waals surface area (Å²) in [5.41, 5.74) is 1.16. The van der Waals surface area contributed by atoms with E-state index < -0.39 is 0 Å². The first-order valence-corrected chi connectivity index (χ1v) is 7.45. The fourth-order valence-electron chi connectivity index (χ4n) is 2.43. The maximum Gasteiger partial charge on any atom is 0.165 e. The number of rotatable bonds is 7. The van der Waals surface area contributed by atoms with Gasteiger partial charge in [-0.15, -0.1) is 0 Å². The van der Waals surface area contributed by atoms with Crippen LogP contribution in [0, 0.1) is 5.82 Å². The first-order valence-electron chi connectivity index (χ1n) is 7.45. The van der Waals surface area contributed by atoms with Gasteiger partial charge in [0.1, 0.15) is 6.10 Å². The average Bonchev–Trinajstić information content (AvgIpc) is 2.53. The number of hydrogen-bond acceptors (Lipinski definition) is 2. The molecule has 2 aromatic carbocycles. The Kier molecular flexibility index (Phi) is 5.76. The highest BCUT2D eigenvalue weighted by Gasteiger charge is 2.23. The zero-order chi connectivity index (χ0) is 15.1. The van der Waals surface area contributed by atoms with E-state index in [4.69, 9.17) is 4.74 Å². The summed E-state index contributed by atoms with van der Waals surface area (Å²) in [5.74, 6) is -0.0116. The summed E-state index contributed by atoms with van der Waals surface area (Å²) in [4.78, 5) is 0. The maximum atomic E-state index is 13.8. The molecule has 0 aliphatic carbocycles. The van der Waals surface area contributed by atoms with Crippen LogP contribution in [0.25, 0.3) is 0 Å². The first-order chi connectivity index (χ1) is 10.3. The molecular formula is C18H22FNO. The van der Waals surface area contributed by atoms with Crippen molar-refractivity contribution in [3.8, 4) is 5.75 Å². The molecule has 112 valence electrons. The lowest BCUT2D eigenvalue weighted by Gasteiger charge is -2.28.